The molecule has 1 heterocycles. The Balaban J connectivity index is 2.54. The fourth-order valence-electron chi connectivity index (χ4n) is 1.30. The lowest BCUT2D eigenvalue weighted by Crippen LogP contribution is -2.40. The van der Waals surface area contributed by atoms with Crippen molar-refractivity contribution in [2.24, 2.45) is 7.05 Å². The van der Waals surface area contributed by atoms with E-state index in [9.17, 15) is 9.59 Å². The van der Waals surface area contributed by atoms with Crippen LogP contribution in [0.5, 0.6) is 0 Å². The summed E-state index contributed by atoms with van der Waals surface area (Å²) < 4.78 is 1.59. The number of hydrogen-bond donors (Lipinski definition) is 3. The van der Waals surface area contributed by atoms with Crippen LogP contribution >= 0.6 is 0 Å². The molecule has 98 valence electrons. The standard InChI is InChI=1S/C11H15N3O4/c1-14-7-8(6-12-14)2-3-10(16)13-9(4-5-15)11(17)18/h2-3,6-7,9,15H,4-5H2,1H3,(H,13,16)(H,17,18)/b3-2+/t9-/m0/s1. The quantitative estimate of drug-likeness (QED) is 0.586. The van der Waals surface area contributed by atoms with Crippen molar-refractivity contribution in [1.29, 1.82) is 0 Å². The molecule has 1 atom stereocenters. The molecule has 0 bridgehead atoms. The third-order valence-electron chi connectivity index (χ3n) is 2.18. The maximum absolute atomic E-state index is 11.4. The lowest BCUT2D eigenvalue weighted by Gasteiger charge is -2.10. The van der Waals surface area contributed by atoms with Gasteiger partial charge in [-0.1, -0.05) is 0 Å². The van der Waals surface area contributed by atoms with Crippen LogP contribution in [0.1, 0.15) is 12.0 Å². The number of carboxylic acids is 1. The first-order valence-corrected chi connectivity index (χ1v) is 5.34. The van der Waals surface area contributed by atoms with Gasteiger partial charge < -0.3 is 15.5 Å². The van der Waals surface area contributed by atoms with Gasteiger partial charge >= 0.3 is 5.97 Å². The second-order valence-corrected chi connectivity index (χ2v) is 3.69. The molecule has 0 spiro atoms. The Morgan fingerprint density at radius 2 is 2.33 bits per heavy atom. The molecule has 0 fully saturated rings. The zero-order valence-electron chi connectivity index (χ0n) is 9.91. The number of carbonyl (C=O) groups is 2. The minimum atomic E-state index is -1.17. The highest BCUT2D eigenvalue weighted by molar-refractivity contribution is 5.94. The Kier molecular flexibility index (Phi) is 5.06. The summed E-state index contributed by atoms with van der Waals surface area (Å²) in [5.74, 6) is -1.70. The number of nitrogens with one attached hydrogen (secondary N) is 1. The summed E-state index contributed by atoms with van der Waals surface area (Å²) in [6.45, 7) is -0.302. The molecular formula is C11H15N3O4. The predicted octanol–water partition coefficient (Wildman–Crippen LogP) is -0.615. The van der Waals surface area contributed by atoms with Crippen molar-refractivity contribution in [3.05, 3.63) is 24.0 Å². The van der Waals surface area contributed by atoms with Crippen molar-refractivity contribution in [1.82, 2.24) is 15.1 Å². The molecule has 1 rings (SSSR count). The van der Waals surface area contributed by atoms with E-state index in [1.54, 1.807) is 24.1 Å². The van der Waals surface area contributed by atoms with E-state index in [0.717, 1.165) is 5.56 Å². The molecule has 1 amide bonds. The highest BCUT2D eigenvalue weighted by atomic mass is 16.4. The van der Waals surface area contributed by atoms with Crippen LogP contribution in [0.15, 0.2) is 18.5 Å². The minimum Gasteiger partial charge on any atom is -0.480 e. The van der Waals surface area contributed by atoms with Crippen LogP contribution in [0.4, 0.5) is 0 Å². The van der Waals surface area contributed by atoms with E-state index in [2.05, 4.69) is 10.4 Å². The van der Waals surface area contributed by atoms with Gasteiger partial charge in [-0.25, -0.2) is 4.79 Å². The summed E-state index contributed by atoms with van der Waals surface area (Å²) in [6, 6.07) is -1.08. The number of carbonyl (C=O) groups excluding carboxylic acids is 1. The summed E-state index contributed by atoms with van der Waals surface area (Å²) in [5, 5.41) is 23.6. The van der Waals surface area contributed by atoms with Crippen molar-refractivity contribution in [2.45, 2.75) is 12.5 Å². The summed E-state index contributed by atoms with van der Waals surface area (Å²) >= 11 is 0. The largest absolute Gasteiger partial charge is 0.480 e. The first-order chi connectivity index (χ1) is 8.52. The molecule has 0 aliphatic rings. The van der Waals surface area contributed by atoms with Crippen LogP contribution < -0.4 is 5.32 Å². The van der Waals surface area contributed by atoms with Crippen LogP contribution in [0.25, 0.3) is 6.08 Å². The number of aromatic nitrogens is 2. The van der Waals surface area contributed by atoms with Crippen LogP contribution in [0, 0.1) is 0 Å². The second kappa shape index (κ2) is 6.55. The van der Waals surface area contributed by atoms with E-state index in [1.165, 1.54) is 12.2 Å². The van der Waals surface area contributed by atoms with Gasteiger partial charge in [0, 0.05) is 37.9 Å². The second-order valence-electron chi connectivity index (χ2n) is 3.69. The van der Waals surface area contributed by atoms with Crippen molar-refractivity contribution < 1.29 is 19.8 Å². The summed E-state index contributed by atoms with van der Waals surface area (Å²) in [6.07, 6.45) is 6.02. The molecule has 7 nitrogen and oxygen atoms in total. The van der Waals surface area contributed by atoms with Crippen molar-refractivity contribution >= 4 is 18.0 Å². The molecule has 0 aliphatic heterocycles. The fourth-order valence-corrected chi connectivity index (χ4v) is 1.30. The summed E-state index contributed by atoms with van der Waals surface area (Å²) in [7, 11) is 1.75. The maximum Gasteiger partial charge on any atom is 0.326 e. The van der Waals surface area contributed by atoms with E-state index >= 15 is 0 Å². The van der Waals surface area contributed by atoms with E-state index in [1.807, 2.05) is 0 Å². The van der Waals surface area contributed by atoms with Gasteiger partial charge in [0.25, 0.3) is 0 Å². The van der Waals surface area contributed by atoms with Crippen molar-refractivity contribution in [3.8, 4) is 0 Å². The molecule has 0 unspecified atom stereocenters. The molecule has 3 N–H and O–H groups in total. The average molecular weight is 253 g/mol. The lowest BCUT2D eigenvalue weighted by molar-refractivity contribution is -0.141. The van der Waals surface area contributed by atoms with Crippen LogP contribution in [0.2, 0.25) is 0 Å². The topological polar surface area (TPSA) is 104 Å². The summed E-state index contributed by atoms with van der Waals surface area (Å²) in [5.41, 5.74) is 0.738. The van der Waals surface area contributed by atoms with Crippen molar-refractivity contribution in [2.75, 3.05) is 6.61 Å². The highest BCUT2D eigenvalue weighted by Gasteiger charge is 2.17. The predicted molar refractivity (Wildman–Crippen MR) is 63.5 cm³/mol. The fraction of sp³-hybridized carbons (Fsp3) is 0.364. The molecule has 1 aromatic rings. The normalized spacial score (nSPS) is 12.6. The molecular weight excluding hydrogens is 238 g/mol. The van der Waals surface area contributed by atoms with Gasteiger partial charge in [-0.2, -0.15) is 5.10 Å². The third kappa shape index (κ3) is 4.38. The number of carboxylic acid groups (broad SMARTS) is 1. The van der Waals surface area contributed by atoms with Crippen LogP contribution in [-0.4, -0.2) is 44.5 Å². The maximum atomic E-state index is 11.4. The summed E-state index contributed by atoms with van der Waals surface area (Å²) in [4.78, 5) is 22.2. The first-order valence-electron chi connectivity index (χ1n) is 5.34. The van der Waals surface area contributed by atoms with E-state index in [0.29, 0.717) is 0 Å². The van der Waals surface area contributed by atoms with Gasteiger partial charge in [-0.15, -0.1) is 0 Å². The Bertz CT molecular complexity index is 453. The van der Waals surface area contributed by atoms with Gasteiger partial charge in [0.15, 0.2) is 0 Å². The van der Waals surface area contributed by atoms with Gasteiger partial charge in [0.05, 0.1) is 6.20 Å². The number of nitrogens with zero attached hydrogens (tertiary/aromatic N) is 2. The average Bonchev–Trinajstić information content (AvgIpc) is 2.72. The number of rotatable bonds is 6. The van der Waals surface area contributed by atoms with Gasteiger partial charge in [0.1, 0.15) is 6.04 Å². The van der Waals surface area contributed by atoms with Crippen LogP contribution in [0.3, 0.4) is 0 Å². The molecule has 0 saturated heterocycles. The van der Waals surface area contributed by atoms with Gasteiger partial charge in [-0.3, -0.25) is 9.48 Å². The van der Waals surface area contributed by atoms with Gasteiger partial charge in [-0.05, 0) is 6.08 Å². The molecule has 18 heavy (non-hydrogen) atoms. The minimum absolute atomic E-state index is 0.0260. The molecule has 0 aromatic carbocycles. The number of amides is 1. The number of aliphatic carboxylic acids is 1. The highest BCUT2D eigenvalue weighted by Crippen LogP contribution is 1.99. The smallest absolute Gasteiger partial charge is 0.326 e. The van der Waals surface area contributed by atoms with E-state index in [-0.39, 0.29) is 13.0 Å². The Morgan fingerprint density at radius 1 is 1.61 bits per heavy atom. The van der Waals surface area contributed by atoms with E-state index in [4.69, 9.17) is 10.2 Å². The van der Waals surface area contributed by atoms with Crippen molar-refractivity contribution in [3.63, 3.8) is 0 Å². The number of aliphatic hydroxyl groups is 1. The molecule has 1 aromatic heterocycles. The Labute approximate surface area is 104 Å². The molecule has 0 aliphatic carbocycles. The zero-order valence-corrected chi connectivity index (χ0v) is 9.91. The Hall–Kier alpha value is -2.15. The van der Waals surface area contributed by atoms with Crippen LogP contribution in [-0.2, 0) is 16.6 Å². The number of aliphatic hydroxyl groups excluding tert-OH is 1. The first kappa shape index (κ1) is 13.9. The lowest BCUT2D eigenvalue weighted by atomic mass is 10.2. The monoisotopic (exact) mass is 253 g/mol. The molecule has 7 heteroatoms. The molecule has 0 radical (unpaired) electrons. The zero-order chi connectivity index (χ0) is 13.5. The van der Waals surface area contributed by atoms with Gasteiger partial charge in [0.2, 0.25) is 5.91 Å². The number of aryl methyl sites for hydroxylation is 1. The third-order valence-corrected chi connectivity index (χ3v) is 2.18. The Morgan fingerprint density at radius 3 is 2.83 bits per heavy atom. The SMILES string of the molecule is Cn1cc(/C=C/C(=O)N[C@@H](CCO)C(=O)O)cn1. The number of hydrogen-bond acceptors (Lipinski definition) is 4. The molecule has 0 saturated carbocycles. The van der Waals surface area contributed by atoms with E-state index < -0.39 is 17.9 Å².